The first-order valence-corrected chi connectivity index (χ1v) is 11.8. The number of benzene rings is 2. The molecule has 1 fully saturated rings. The van der Waals surface area contributed by atoms with E-state index in [-0.39, 0.29) is 18.5 Å². The van der Waals surface area contributed by atoms with Crippen LogP contribution in [0.3, 0.4) is 0 Å². The molecular formula is C27H28N2O7. The molecule has 1 aromatic heterocycles. The van der Waals surface area contributed by atoms with Crippen LogP contribution < -0.4 is 29.6 Å². The standard InChI is InChI=1S/C27H28N2O7/c1-32-20-11-9-18(14-23(20)33-2)27(26(28)31,17-6-3-4-7-17)29(25(30)22-8-5-13-34-22)19-10-12-21-24(15-19)36-16-35-21/h5,8-15,17H,3-4,6-7,16H2,1-2H3,(H2,28,31). The fourth-order valence-electron chi connectivity index (χ4n) is 5.43. The minimum atomic E-state index is -1.55. The molecule has 1 aliphatic heterocycles. The van der Waals surface area contributed by atoms with E-state index in [0.717, 1.165) is 12.8 Å². The van der Waals surface area contributed by atoms with Gasteiger partial charge in [-0.2, -0.15) is 0 Å². The van der Waals surface area contributed by atoms with Gasteiger partial charge in [-0.25, -0.2) is 0 Å². The number of nitrogens with zero attached hydrogens (tertiary/aromatic N) is 1. The number of amides is 2. The Hall–Kier alpha value is -4.14. The van der Waals surface area contributed by atoms with Gasteiger partial charge in [0.05, 0.1) is 20.5 Å². The number of hydrogen-bond acceptors (Lipinski definition) is 7. The van der Waals surface area contributed by atoms with Crippen LogP contribution in [0.15, 0.2) is 59.2 Å². The number of carbonyl (C=O) groups excluding carboxylic acids is 2. The Morgan fingerprint density at radius 1 is 0.972 bits per heavy atom. The average Bonchev–Trinajstić information content (AvgIpc) is 3.68. The number of furan rings is 1. The average molecular weight is 493 g/mol. The molecule has 0 radical (unpaired) electrons. The fourth-order valence-corrected chi connectivity index (χ4v) is 5.43. The molecule has 9 heteroatoms. The number of fused-ring (bicyclic) bond motifs is 1. The monoisotopic (exact) mass is 492 g/mol. The lowest BCUT2D eigenvalue weighted by molar-refractivity contribution is -0.125. The minimum Gasteiger partial charge on any atom is -0.493 e. The van der Waals surface area contributed by atoms with Crippen LogP contribution in [0, 0.1) is 5.92 Å². The molecule has 1 unspecified atom stereocenters. The van der Waals surface area contributed by atoms with E-state index in [9.17, 15) is 9.59 Å². The van der Waals surface area contributed by atoms with Gasteiger partial charge in [-0.15, -0.1) is 0 Å². The highest BCUT2D eigenvalue weighted by Gasteiger charge is 2.55. The lowest BCUT2D eigenvalue weighted by Gasteiger charge is -2.45. The van der Waals surface area contributed by atoms with Gasteiger partial charge in [-0.05, 0) is 60.7 Å². The van der Waals surface area contributed by atoms with Gasteiger partial charge in [0, 0.05) is 11.8 Å². The largest absolute Gasteiger partial charge is 0.493 e. The normalized spacial score (nSPS) is 16.4. The van der Waals surface area contributed by atoms with E-state index in [2.05, 4.69) is 0 Å². The predicted octanol–water partition coefficient (Wildman–Crippen LogP) is 4.24. The minimum absolute atomic E-state index is 0.0736. The molecule has 5 rings (SSSR count). The van der Waals surface area contributed by atoms with E-state index >= 15 is 0 Å². The van der Waals surface area contributed by atoms with Crippen molar-refractivity contribution < 1.29 is 33.0 Å². The van der Waals surface area contributed by atoms with Crippen molar-refractivity contribution in [3.05, 3.63) is 66.1 Å². The summed E-state index contributed by atoms with van der Waals surface area (Å²) in [6, 6.07) is 13.5. The van der Waals surface area contributed by atoms with Gasteiger partial charge >= 0.3 is 0 Å². The zero-order valence-corrected chi connectivity index (χ0v) is 20.2. The van der Waals surface area contributed by atoms with Gasteiger partial charge in [0.1, 0.15) is 0 Å². The van der Waals surface area contributed by atoms with Crippen molar-refractivity contribution in [2.75, 3.05) is 25.9 Å². The fraction of sp³-hybridized carbons (Fsp3) is 0.333. The van der Waals surface area contributed by atoms with E-state index in [1.165, 1.54) is 25.4 Å². The van der Waals surface area contributed by atoms with Crippen LogP contribution in [0.25, 0.3) is 0 Å². The Labute approximate surface area is 208 Å². The Morgan fingerprint density at radius 3 is 2.39 bits per heavy atom. The highest BCUT2D eigenvalue weighted by molar-refractivity contribution is 6.10. The van der Waals surface area contributed by atoms with Crippen molar-refractivity contribution in [3.8, 4) is 23.0 Å². The summed E-state index contributed by atoms with van der Waals surface area (Å²) >= 11 is 0. The summed E-state index contributed by atoms with van der Waals surface area (Å²) in [6.07, 6.45) is 4.67. The summed E-state index contributed by atoms with van der Waals surface area (Å²) < 4.78 is 27.6. The second-order valence-corrected chi connectivity index (χ2v) is 8.84. The summed E-state index contributed by atoms with van der Waals surface area (Å²) in [6.45, 7) is 0.0736. The maximum atomic E-state index is 14.2. The third-order valence-corrected chi connectivity index (χ3v) is 7.05. The predicted molar refractivity (Wildman–Crippen MR) is 130 cm³/mol. The van der Waals surface area contributed by atoms with Crippen LogP contribution in [0.4, 0.5) is 5.69 Å². The van der Waals surface area contributed by atoms with Gasteiger partial charge in [0.15, 0.2) is 34.3 Å². The SMILES string of the molecule is COc1ccc(C(C(N)=O)(C2CCCC2)N(C(=O)c2ccco2)c2ccc3c(c2)OCO3)cc1OC. The molecule has 2 N–H and O–H groups in total. The second-order valence-electron chi connectivity index (χ2n) is 8.84. The molecule has 1 saturated carbocycles. The molecule has 0 spiro atoms. The maximum Gasteiger partial charge on any atom is 0.295 e. The van der Waals surface area contributed by atoms with E-state index in [0.29, 0.717) is 47.1 Å². The Morgan fingerprint density at radius 2 is 1.72 bits per heavy atom. The number of anilines is 1. The number of carbonyl (C=O) groups is 2. The van der Waals surface area contributed by atoms with Crippen LogP contribution in [-0.2, 0) is 10.3 Å². The summed E-state index contributed by atoms with van der Waals surface area (Å²) in [7, 11) is 3.06. The van der Waals surface area contributed by atoms with Crippen LogP contribution in [0.2, 0.25) is 0 Å². The van der Waals surface area contributed by atoms with Crippen molar-refractivity contribution in [3.63, 3.8) is 0 Å². The Kier molecular flexibility index (Phi) is 6.22. The second kappa shape index (κ2) is 9.49. The molecule has 3 aromatic rings. The van der Waals surface area contributed by atoms with Crippen LogP contribution in [-0.4, -0.2) is 32.8 Å². The molecule has 1 atom stereocenters. The molecule has 0 bridgehead atoms. The molecular weight excluding hydrogens is 464 g/mol. The van der Waals surface area contributed by atoms with Gasteiger partial charge in [-0.3, -0.25) is 14.5 Å². The molecule has 1 aliphatic carbocycles. The first-order chi connectivity index (χ1) is 17.5. The Bertz CT molecular complexity index is 1270. The molecule has 36 heavy (non-hydrogen) atoms. The Balaban J connectivity index is 1.80. The number of rotatable bonds is 8. The van der Waals surface area contributed by atoms with Gasteiger partial charge < -0.3 is 29.1 Å². The molecule has 188 valence electrons. The lowest BCUT2D eigenvalue weighted by Crippen LogP contribution is -2.61. The lowest BCUT2D eigenvalue weighted by atomic mass is 9.74. The molecule has 2 aliphatic rings. The van der Waals surface area contributed by atoms with E-state index in [1.807, 2.05) is 0 Å². The van der Waals surface area contributed by atoms with Crippen LogP contribution in [0.1, 0.15) is 41.8 Å². The molecule has 2 heterocycles. The highest BCUT2D eigenvalue weighted by atomic mass is 16.7. The van der Waals surface area contributed by atoms with Crippen molar-refractivity contribution in [1.29, 1.82) is 0 Å². The van der Waals surface area contributed by atoms with Crippen molar-refractivity contribution in [1.82, 2.24) is 0 Å². The number of nitrogens with two attached hydrogens (primary N) is 1. The summed E-state index contributed by atoms with van der Waals surface area (Å²) in [5.41, 5.74) is 5.71. The number of methoxy groups -OCH3 is 2. The number of hydrogen-bond donors (Lipinski definition) is 1. The zero-order chi connectivity index (χ0) is 25.3. The van der Waals surface area contributed by atoms with E-state index in [4.69, 9.17) is 29.1 Å². The van der Waals surface area contributed by atoms with Gasteiger partial charge in [-0.1, -0.05) is 18.9 Å². The molecule has 0 saturated heterocycles. The third kappa shape index (κ3) is 3.71. The van der Waals surface area contributed by atoms with E-state index < -0.39 is 17.4 Å². The third-order valence-electron chi connectivity index (χ3n) is 7.05. The highest BCUT2D eigenvalue weighted by Crippen LogP contribution is 2.50. The van der Waals surface area contributed by atoms with Crippen LogP contribution >= 0.6 is 0 Å². The van der Waals surface area contributed by atoms with Gasteiger partial charge in [0.25, 0.3) is 5.91 Å². The molecule has 2 aromatic carbocycles. The van der Waals surface area contributed by atoms with Gasteiger partial charge in [0.2, 0.25) is 12.7 Å². The molecule has 9 nitrogen and oxygen atoms in total. The summed E-state index contributed by atoms with van der Waals surface area (Å²) in [5, 5.41) is 0. The topological polar surface area (TPSA) is 113 Å². The van der Waals surface area contributed by atoms with Crippen molar-refractivity contribution in [2.24, 2.45) is 11.7 Å². The molecule has 2 amide bonds. The van der Waals surface area contributed by atoms with Crippen molar-refractivity contribution >= 4 is 17.5 Å². The van der Waals surface area contributed by atoms with Crippen LogP contribution in [0.5, 0.6) is 23.0 Å². The summed E-state index contributed by atoms with van der Waals surface area (Å²) in [5.74, 6) is 0.628. The summed E-state index contributed by atoms with van der Waals surface area (Å²) in [4.78, 5) is 29.4. The number of primary amides is 1. The zero-order valence-electron chi connectivity index (χ0n) is 20.2. The van der Waals surface area contributed by atoms with E-state index in [1.54, 1.807) is 48.5 Å². The van der Waals surface area contributed by atoms with Crippen molar-refractivity contribution in [2.45, 2.75) is 31.2 Å². The number of ether oxygens (including phenoxy) is 4. The maximum absolute atomic E-state index is 14.2. The quantitative estimate of drug-likeness (QED) is 0.500. The smallest absolute Gasteiger partial charge is 0.295 e. The first kappa shape index (κ1) is 23.6. The first-order valence-electron chi connectivity index (χ1n) is 11.8.